The van der Waals surface area contributed by atoms with Gasteiger partial charge in [-0.05, 0) is 32.2 Å². The molecule has 16 heavy (non-hydrogen) atoms. The summed E-state index contributed by atoms with van der Waals surface area (Å²) in [4.78, 5) is 0. The van der Waals surface area contributed by atoms with Crippen LogP contribution < -0.4 is 5.32 Å². The van der Waals surface area contributed by atoms with Gasteiger partial charge >= 0.3 is 0 Å². The first-order valence-corrected chi connectivity index (χ1v) is 8.10. The molecule has 2 unspecified atom stereocenters. The minimum atomic E-state index is 0.724. The highest BCUT2D eigenvalue weighted by Crippen LogP contribution is 2.29. The Labute approximate surface area is 106 Å². The Morgan fingerprint density at radius 1 is 1.25 bits per heavy atom. The molecule has 0 radical (unpaired) electrons. The first-order chi connectivity index (χ1) is 7.76. The molecule has 1 nitrogen and oxygen atoms in total. The predicted octanol–water partition coefficient (Wildman–Crippen LogP) is 4.08. The molecule has 2 atom stereocenters. The maximum absolute atomic E-state index is 3.49. The van der Waals surface area contributed by atoms with Crippen molar-refractivity contribution in [3.63, 3.8) is 0 Å². The van der Waals surface area contributed by atoms with Gasteiger partial charge in [-0.3, -0.25) is 0 Å². The fourth-order valence-corrected chi connectivity index (χ4v) is 3.88. The van der Waals surface area contributed by atoms with Gasteiger partial charge < -0.3 is 5.32 Å². The molecule has 0 aromatic rings. The van der Waals surface area contributed by atoms with Crippen LogP contribution >= 0.6 is 11.8 Å². The van der Waals surface area contributed by atoms with Gasteiger partial charge in [-0.2, -0.15) is 11.8 Å². The van der Waals surface area contributed by atoms with E-state index in [0.29, 0.717) is 0 Å². The molecule has 0 heterocycles. The van der Waals surface area contributed by atoms with Crippen molar-refractivity contribution >= 4 is 11.8 Å². The lowest BCUT2D eigenvalue weighted by Crippen LogP contribution is -2.30. The summed E-state index contributed by atoms with van der Waals surface area (Å²) in [5.41, 5.74) is 0. The topological polar surface area (TPSA) is 12.0 Å². The van der Waals surface area contributed by atoms with E-state index in [2.05, 4.69) is 38.0 Å². The van der Waals surface area contributed by atoms with Gasteiger partial charge in [0.15, 0.2) is 0 Å². The quantitative estimate of drug-likeness (QED) is 0.723. The van der Waals surface area contributed by atoms with Gasteiger partial charge in [0.25, 0.3) is 0 Å². The molecule has 1 saturated carbocycles. The van der Waals surface area contributed by atoms with Crippen molar-refractivity contribution < 1.29 is 0 Å². The highest BCUT2D eigenvalue weighted by Gasteiger charge is 2.16. The molecule has 0 bridgehead atoms. The van der Waals surface area contributed by atoms with Crippen molar-refractivity contribution in [1.29, 1.82) is 0 Å². The Kier molecular flexibility index (Phi) is 7.55. The van der Waals surface area contributed by atoms with Gasteiger partial charge in [0, 0.05) is 17.0 Å². The maximum atomic E-state index is 3.49. The normalized spacial score (nSPS) is 21.9. The lowest BCUT2D eigenvalue weighted by atomic mass is 10.0. The first-order valence-electron chi connectivity index (χ1n) is 7.05. The van der Waals surface area contributed by atoms with Crippen LogP contribution in [0.5, 0.6) is 0 Å². The molecule has 2 heteroatoms. The minimum Gasteiger partial charge on any atom is -0.316 e. The van der Waals surface area contributed by atoms with Gasteiger partial charge in [0.05, 0.1) is 0 Å². The van der Waals surface area contributed by atoms with E-state index >= 15 is 0 Å². The third-order valence-corrected chi connectivity index (χ3v) is 5.41. The minimum absolute atomic E-state index is 0.724. The van der Waals surface area contributed by atoms with Crippen LogP contribution in [0, 0.1) is 5.92 Å². The zero-order valence-electron chi connectivity index (χ0n) is 11.3. The Bertz CT molecular complexity index is 166. The van der Waals surface area contributed by atoms with Crippen LogP contribution in [-0.2, 0) is 0 Å². The third kappa shape index (κ3) is 5.58. The zero-order chi connectivity index (χ0) is 11.8. The summed E-state index contributed by atoms with van der Waals surface area (Å²) >= 11 is 2.22. The number of nitrogens with one attached hydrogen (secondary N) is 1. The van der Waals surface area contributed by atoms with E-state index in [1.807, 2.05) is 0 Å². The smallest absolute Gasteiger partial charge is 0.0157 e. The van der Waals surface area contributed by atoms with Gasteiger partial charge in [0.2, 0.25) is 0 Å². The molecule has 0 spiro atoms. The van der Waals surface area contributed by atoms with Crippen molar-refractivity contribution in [1.82, 2.24) is 5.32 Å². The molecule has 0 aromatic carbocycles. The van der Waals surface area contributed by atoms with Crippen molar-refractivity contribution in [2.45, 2.75) is 70.1 Å². The predicted molar refractivity (Wildman–Crippen MR) is 76.3 cm³/mol. The van der Waals surface area contributed by atoms with Gasteiger partial charge in [-0.25, -0.2) is 0 Å². The van der Waals surface area contributed by atoms with Crippen molar-refractivity contribution in [2.24, 2.45) is 5.92 Å². The SMILES string of the molecule is CCC(C)CC(CSC1CCCCC1)NC. The van der Waals surface area contributed by atoms with Gasteiger partial charge in [-0.1, -0.05) is 39.5 Å². The number of rotatable bonds is 7. The molecule has 96 valence electrons. The average Bonchev–Trinajstić information content (AvgIpc) is 2.35. The van der Waals surface area contributed by atoms with E-state index in [0.717, 1.165) is 17.2 Å². The van der Waals surface area contributed by atoms with Crippen molar-refractivity contribution in [2.75, 3.05) is 12.8 Å². The summed E-state index contributed by atoms with van der Waals surface area (Å²) in [7, 11) is 2.12. The Morgan fingerprint density at radius 2 is 1.94 bits per heavy atom. The van der Waals surface area contributed by atoms with E-state index in [9.17, 15) is 0 Å². The molecule has 1 rings (SSSR count). The fourth-order valence-electron chi connectivity index (χ4n) is 2.41. The van der Waals surface area contributed by atoms with Crippen molar-refractivity contribution in [3.8, 4) is 0 Å². The summed E-state index contributed by atoms with van der Waals surface area (Å²) < 4.78 is 0. The average molecular weight is 243 g/mol. The van der Waals surface area contributed by atoms with Crippen LogP contribution in [0.3, 0.4) is 0 Å². The Hall–Kier alpha value is 0.310. The van der Waals surface area contributed by atoms with E-state index in [1.165, 1.54) is 50.7 Å². The fraction of sp³-hybridized carbons (Fsp3) is 1.00. The van der Waals surface area contributed by atoms with Crippen LogP contribution in [0.4, 0.5) is 0 Å². The van der Waals surface area contributed by atoms with Crippen LogP contribution in [0.1, 0.15) is 58.8 Å². The second-order valence-electron chi connectivity index (χ2n) is 5.33. The Balaban J connectivity index is 2.16. The second-order valence-corrected chi connectivity index (χ2v) is 6.66. The monoisotopic (exact) mass is 243 g/mol. The molecule has 1 aliphatic carbocycles. The van der Waals surface area contributed by atoms with E-state index < -0.39 is 0 Å². The summed E-state index contributed by atoms with van der Waals surface area (Å²) in [5, 5.41) is 4.45. The summed E-state index contributed by atoms with van der Waals surface area (Å²) in [5.74, 6) is 2.18. The van der Waals surface area contributed by atoms with E-state index in [-0.39, 0.29) is 0 Å². The lowest BCUT2D eigenvalue weighted by Gasteiger charge is -2.25. The largest absolute Gasteiger partial charge is 0.316 e. The van der Waals surface area contributed by atoms with Crippen LogP contribution in [0.15, 0.2) is 0 Å². The molecule has 0 saturated heterocycles. The summed E-state index contributed by atoms with van der Waals surface area (Å²) in [6, 6.07) is 0.724. The molecule has 1 fully saturated rings. The lowest BCUT2D eigenvalue weighted by molar-refractivity contribution is 0.435. The zero-order valence-corrected chi connectivity index (χ0v) is 12.1. The molecule has 0 aromatic heterocycles. The van der Waals surface area contributed by atoms with Crippen LogP contribution in [0.25, 0.3) is 0 Å². The molecule has 1 N–H and O–H groups in total. The maximum Gasteiger partial charge on any atom is 0.0157 e. The number of hydrogen-bond donors (Lipinski definition) is 1. The third-order valence-electron chi connectivity index (χ3n) is 3.88. The molecular weight excluding hydrogens is 214 g/mol. The molecule has 1 aliphatic rings. The van der Waals surface area contributed by atoms with Gasteiger partial charge in [0.1, 0.15) is 0 Å². The number of thioether (sulfide) groups is 1. The summed E-state index contributed by atoms with van der Waals surface area (Å²) in [6.07, 6.45) is 9.98. The van der Waals surface area contributed by atoms with E-state index in [1.54, 1.807) is 0 Å². The van der Waals surface area contributed by atoms with Gasteiger partial charge in [-0.15, -0.1) is 0 Å². The molecule has 0 amide bonds. The van der Waals surface area contributed by atoms with E-state index in [4.69, 9.17) is 0 Å². The van der Waals surface area contributed by atoms with Crippen LogP contribution in [0.2, 0.25) is 0 Å². The first kappa shape index (κ1) is 14.4. The molecule has 0 aliphatic heterocycles. The standard InChI is InChI=1S/C14H29NS/c1-4-12(2)10-13(15-3)11-16-14-8-6-5-7-9-14/h12-15H,4-11H2,1-3H3. The van der Waals surface area contributed by atoms with Crippen LogP contribution in [-0.4, -0.2) is 24.1 Å². The number of hydrogen-bond acceptors (Lipinski definition) is 2. The Morgan fingerprint density at radius 3 is 2.50 bits per heavy atom. The summed E-state index contributed by atoms with van der Waals surface area (Å²) in [6.45, 7) is 4.67. The second kappa shape index (κ2) is 8.41. The highest BCUT2D eigenvalue weighted by molar-refractivity contribution is 7.99. The highest BCUT2D eigenvalue weighted by atomic mass is 32.2. The molecular formula is C14H29NS. The van der Waals surface area contributed by atoms with Crippen molar-refractivity contribution in [3.05, 3.63) is 0 Å².